The van der Waals surface area contributed by atoms with Crippen LogP contribution in [0.5, 0.6) is 0 Å². The van der Waals surface area contributed by atoms with Crippen LogP contribution in [0.1, 0.15) is 51.5 Å². The van der Waals surface area contributed by atoms with Gasteiger partial charge in [0.15, 0.2) is 0 Å². The number of benzene rings is 1. The van der Waals surface area contributed by atoms with Gasteiger partial charge in [0.05, 0.1) is 4.99 Å². The van der Waals surface area contributed by atoms with Crippen LogP contribution in [0.3, 0.4) is 0 Å². The molecule has 0 amide bonds. The molecule has 21 heavy (non-hydrogen) atoms. The van der Waals surface area contributed by atoms with Crippen LogP contribution in [0.2, 0.25) is 0 Å². The minimum atomic E-state index is 0.138. The number of hydrogen-bond donors (Lipinski definition) is 1. The van der Waals surface area contributed by atoms with Gasteiger partial charge in [0.1, 0.15) is 0 Å². The van der Waals surface area contributed by atoms with E-state index in [0.29, 0.717) is 16.7 Å². The lowest BCUT2D eigenvalue weighted by atomic mass is 9.57. The van der Waals surface area contributed by atoms with Gasteiger partial charge < -0.3 is 5.73 Å². The van der Waals surface area contributed by atoms with Crippen molar-refractivity contribution in [3.05, 3.63) is 35.9 Å². The lowest BCUT2D eigenvalue weighted by Crippen LogP contribution is -2.41. The Morgan fingerprint density at radius 3 is 2.57 bits per heavy atom. The molecule has 2 N–H and O–H groups in total. The van der Waals surface area contributed by atoms with Crippen LogP contribution in [-0.2, 0) is 5.41 Å². The average Bonchev–Trinajstić information content (AvgIpc) is 2.85. The van der Waals surface area contributed by atoms with Crippen molar-refractivity contribution in [2.75, 3.05) is 0 Å². The Kier molecular flexibility index (Phi) is 2.68. The lowest BCUT2D eigenvalue weighted by molar-refractivity contribution is 0.0676. The molecule has 0 radical (unpaired) electrons. The predicted octanol–water partition coefficient (Wildman–Crippen LogP) is 4.45. The fraction of sp³-hybridized carbons (Fsp3) is 0.632. The SMILES string of the molecule is CCC1(C)C2CC3(c4ccccc4)CC1C(C(N)=S)(C2)C3. The van der Waals surface area contributed by atoms with E-state index >= 15 is 0 Å². The zero-order chi connectivity index (χ0) is 14.9. The van der Waals surface area contributed by atoms with E-state index in [1.807, 2.05) is 0 Å². The van der Waals surface area contributed by atoms with Crippen molar-refractivity contribution in [1.82, 2.24) is 0 Å². The van der Waals surface area contributed by atoms with Crippen molar-refractivity contribution < 1.29 is 0 Å². The molecule has 4 saturated carbocycles. The molecule has 0 aliphatic heterocycles. The summed E-state index contributed by atoms with van der Waals surface area (Å²) < 4.78 is 0. The minimum Gasteiger partial charge on any atom is -0.393 e. The van der Waals surface area contributed by atoms with Crippen LogP contribution in [0.25, 0.3) is 0 Å². The molecule has 4 aliphatic rings. The highest BCUT2D eigenvalue weighted by Crippen LogP contribution is 2.77. The third kappa shape index (κ3) is 1.50. The zero-order valence-corrected chi connectivity index (χ0v) is 13.9. The van der Waals surface area contributed by atoms with E-state index in [4.69, 9.17) is 18.0 Å². The first-order valence-corrected chi connectivity index (χ1v) is 8.73. The van der Waals surface area contributed by atoms with Gasteiger partial charge in [0.2, 0.25) is 0 Å². The Morgan fingerprint density at radius 2 is 1.95 bits per heavy atom. The third-order valence-corrected chi connectivity index (χ3v) is 7.94. The fourth-order valence-corrected chi connectivity index (χ4v) is 6.68. The number of rotatable bonds is 3. The van der Waals surface area contributed by atoms with Gasteiger partial charge >= 0.3 is 0 Å². The molecule has 4 bridgehead atoms. The molecule has 1 aromatic rings. The van der Waals surface area contributed by atoms with Crippen LogP contribution in [0, 0.1) is 22.7 Å². The molecule has 0 heterocycles. The van der Waals surface area contributed by atoms with Gasteiger partial charge in [-0.05, 0) is 53.9 Å². The van der Waals surface area contributed by atoms with Gasteiger partial charge in [-0.15, -0.1) is 0 Å². The number of thiocarbonyl (C=S) groups is 1. The van der Waals surface area contributed by atoms with Crippen LogP contribution in [0.4, 0.5) is 0 Å². The maximum Gasteiger partial charge on any atom is 0.0793 e. The van der Waals surface area contributed by atoms with Crippen molar-refractivity contribution in [2.45, 2.75) is 51.4 Å². The summed E-state index contributed by atoms with van der Waals surface area (Å²) in [5.41, 5.74) is 8.75. The van der Waals surface area contributed by atoms with E-state index in [-0.39, 0.29) is 5.41 Å². The van der Waals surface area contributed by atoms with Gasteiger partial charge in [-0.25, -0.2) is 0 Å². The normalized spacial score (nSPS) is 47.0. The van der Waals surface area contributed by atoms with Gasteiger partial charge in [0, 0.05) is 5.41 Å². The summed E-state index contributed by atoms with van der Waals surface area (Å²) in [5, 5.41) is 0. The van der Waals surface area contributed by atoms with Crippen molar-refractivity contribution in [3.8, 4) is 0 Å². The molecule has 1 nitrogen and oxygen atoms in total. The largest absolute Gasteiger partial charge is 0.393 e. The van der Waals surface area contributed by atoms with Crippen LogP contribution in [-0.4, -0.2) is 4.99 Å². The summed E-state index contributed by atoms with van der Waals surface area (Å²) in [6.07, 6.45) is 6.32. The Morgan fingerprint density at radius 1 is 1.24 bits per heavy atom. The van der Waals surface area contributed by atoms with Gasteiger partial charge in [-0.2, -0.15) is 0 Å². The van der Waals surface area contributed by atoms with Gasteiger partial charge in [0.25, 0.3) is 0 Å². The molecular formula is C19H25NS. The first-order chi connectivity index (χ1) is 9.97. The van der Waals surface area contributed by atoms with Crippen molar-refractivity contribution in [3.63, 3.8) is 0 Å². The summed E-state index contributed by atoms with van der Waals surface area (Å²) >= 11 is 5.59. The quantitative estimate of drug-likeness (QED) is 0.835. The second-order valence-electron chi connectivity index (χ2n) is 8.06. The first-order valence-electron chi connectivity index (χ1n) is 8.32. The summed E-state index contributed by atoms with van der Waals surface area (Å²) in [5.74, 6) is 1.48. The summed E-state index contributed by atoms with van der Waals surface area (Å²) in [7, 11) is 0. The molecule has 112 valence electrons. The maximum absolute atomic E-state index is 6.30. The molecule has 0 saturated heterocycles. The van der Waals surface area contributed by atoms with Crippen molar-refractivity contribution in [2.24, 2.45) is 28.4 Å². The molecule has 5 rings (SSSR count). The van der Waals surface area contributed by atoms with Crippen LogP contribution < -0.4 is 5.73 Å². The summed E-state index contributed by atoms with van der Waals surface area (Å²) in [6, 6.07) is 11.1. The number of hydrogen-bond acceptors (Lipinski definition) is 1. The second-order valence-corrected chi connectivity index (χ2v) is 8.50. The monoisotopic (exact) mass is 299 g/mol. The minimum absolute atomic E-state index is 0.138. The zero-order valence-electron chi connectivity index (χ0n) is 13.1. The lowest BCUT2D eigenvalue weighted by Gasteiger charge is -2.47. The van der Waals surface area contributed by atoms with E-state index in [1.54, 1.807) is 0 Å². The van der Waals surface area contributed by atoms with Gasteiger partial charge in [-0.3, -0.25) is 0 Å². The molecule has 4 fully saturated rings. The molecule has 4 aliphatic carbocycles. The van der Waals surface area contributed by atoms with E-state index in [1.165, 1.54) is 37.7 Å². The Labute approximate surface area is 133 Å². The maximum atomic E-state index is 6.30. The molecule has 5 atom stereocenters. The van der Waals surface area contributed by atoms with E-state index in [0.717, 1.165) is 10.9 Å². The molecule has 0 spiro atoms. The highest BCUT2D eigenvalue weighted by Gasteiger charge is 2.72. The Hall–Kier alpha value is -0.890. The molecule has 1 aromatic carbocycles. The standard InChI is InChI=1S/C19H25NS/c1-3-17(2)14-9-18(13-7-5-4-6-8-13)11-15(17)19(10-14,12-18)16(20)21/h4-8,14-15H,3,9-12H2,1-2H3,(H2,20,21). The second kappa shape index (κ2) is 4.10. The fourth-order valence-electron chi connectivity index (χ4n) is 6.38. The summed E-state index contributed by atoms with van der Waals surface area (Å²) in [6.45, 7) is 4.86. The topological polar surface area (TPSA) is 26.0 Å². The first kappa shape index (κ1) is 13.8. The summed E-state index contributed by atoms with van der Waals surface area (Å²) in [4.78, 5) is 0.798. The molecular weight excluding hydrogens is 274 g/mol. The Balaban J connectivity index is 1.84. The van der Waals surface area contributed by atoms with Crippen LogP contribution >= 0.6 is 12.2 Å². The average molecular weight is 299 g/mol. The molecule has 5 unspecified atom stereocenters. The number of nitrogens with two attached hydrogens (primary N) is 1. The highest BCUT2D eigenvalue weighted by atomic mass is 32.1. The van der Waals surface area contributed by atoms with Crippen LogP contribution in [0.15, 0.2) is 30.3 Å². The highest BCUT2D eigenvalue weighted by molar-refractivity contribution is 7.80. The molecule has 0 aromatic heterocycles. The smallest absolute Gasteiger partial charge is 0.0793 e. The van der Waals surface area contributed by atoms with E-state index in [9.17, 15) is 0 Å². The van der Waals surface area contributed by atoms with E-state index < -0.39 is 0 Å². The van der Waals surface area contributed by atoms with Crippen molar-refractivity contribution >= 4 is 17.2 Å². The van der Waals surface area contributed by atoms with Gasteiger partial charge in [-0.1, -0.05) is 62.8 Å². The van der Waals surface area contributed by atoms with E-state index in [2.05, 4.69) is 44.2 Å². The predicted molar refractivity (Wildman–Crippen MR) is 91.2 cm³/mol. The van der Waals surface area contributed by atoms with Crippen molar-refractivity contribution in [1.29, 1.82) is 0 Å². The Bertz CT molecular complexity index is 597. The molecule has 2 heteroatoms. The third-order valence-electron chi connectivity index (χ3n) is 7.53.